The molecule has 116 valence electrons. The second-order valence-corrected chi connectivity index (χ2v) is 6.35. The average molecular weight is 363 g/mol. The molecule has 22 heavy (non-hydrogen) atoms. The van der Waals surface area contributed by atoms with Crippen molar-refractivity contribution in [2.24, 2.45) is 5.92 Å². The van der Waals surface area contributed by atoms with E-state index >= 15 is 0 Å². The molecule has 2 N–H and O–H groups in total. The quantitative estimate of drug-likeness (QED) is 0.851. The lowest BCUT2D eigenvalue weighted by atomic mass is 10.2. The van der Waals surface area contributed by atoms with Crippen LogP contribution < -0.4 is 10.6 Å². The van der Waals surface area contributed by atoms with Gasteiger partial charge in [-0.2, -0.15) is 0 Å². The van der Waals surface area contributed by atoms with Gasteiger partial charge < -0.3 is 10.6 Å². The maximum Gasteiger partial charge on any atom is 0.270 e. The predicted octanol–water partition coefficient (Wildman–Crippen LogP) is 3.68. The Balaban J connectivity index is 2.12. The Morgan fingerprint density at radius 1 is 1.27 bits per heavy atom. The molecule has 0 radical (unpaired) electrons. The summed E-state index contributed by atoms with van der Waals surface area (Å²) in [5.41, 5.74) is 2.40. The molecular weight excluding hydrogens is 344 g/mol. The summed E-state index contributed by atoms with van der Waals surface area (Å²) in [4.78, 5) is 20.2. The molecule has 0 aliphatic rings. The molecule has 2 aromatic rings. The van der Waals surface area contributed by atoms with Gasteiger partial charge in [-0.3, -0.25) is 4.79 Å². The van der Waals surface area contributed by atoms with Crippen LogP contribution in [0.2, 0.25) is 0 Å². The van der Waals surface area contributed by atoms with Crippen LogP contribution in [0.1, 0.15) is 29.9 Å². The Labute approximate surface area is 138 Å². The molecule has 0 spiro atoms. The summed E-state index contributed by atoms with van der Waals surface area (Å²) in [6.45, 7) is 6.73. The minimum atomic E-state index is -0.192. The Kier molecular flexibility index (Phi) is 5.49. The number of carbonyl (C=O) groups excluding carboxylic acids is 1. The summed E-state index contributed by atoms with van der Waals surface area (Å²) in [5.74, 6) is 0.781. The number of aryl methyl sites for hydroxylation is 1. The predicted molar refractivity (Wildman–Crippen MR) is 91.4 cm³/mol. The van der Waals surface area contributed by atoms with E-state index in [0.717, 1.165) is 15.7 Å². The summed E-state index contributed by atoms with van der Waals surface area (Å²) < 4.78 is 0.942. The molecule has 2 rings (SSSR count). The fourth-order valence-corrected chi connectivity index (χ4v) is 2.39. The second-order valence-electron chi connectivity index (χ2n) is 5.50. The molecule has 1 heterocycles. The third-order valence-corrected chi connectivity index (χ3v) is 3.61. The number of aromatic nitrogens is 2. The first-order chi connectivity index (χ1) is 10.5. The van der Waals surface area contributed by atoms with Crippen molar-refractivity contribution in [3.05, 3.63) is 46.3 Å². The SMILES string of the molecule is Cc1ccc(Nc2cc(C(=O)NCC(C)C)ncn2)c(Br)c1. The van der Waals surface area contributed by atoms with Crippen LogP contribution in [-0.2, 0) is 0 Å². The van der Waals surface area contributed by atoms with Crippen LogP contribution in [0.5, 0.6) is 0 Å². The minimum Gasteiger partial charge on any atom is -0.350 e. The van der Waals surface area contributed by atoms with Crippen LogP contribution in [-0.4, -0.2) is 22.4 Å². The molecule has 1 aromatic heterocycles. The highest BCUT2D eigenvalue weighted by atomic mass is 79.9. The Morgan fingerprint density at radius 3 is 2.73 bits per heavy atom. The zero-order chi connectivity index (χ0) is 16.1. The minimum absolute atomic E-state index is 0.192. The molecule has 0 aliphatic heterocycles. The van der Waals surface area contributed by atoms with Crippen molar-refractivity contribution in [1.29, 1.82) is 0 Å². The zero-order valence-corrected chi connectivity index (χ0v) is 14.4. The average Bonchev–Trinajstić information content (AvgIpc) is 2.48. The van der Waals surface area contributed by atoms with Gasteiger partial charge in [-0.1, -0.05) is 19.9 Å². The van der Waals surface area contributed by atoms with Crippen molar-refractivity contribution in [1.82, 2.24) is 15.3 Å². The molecule has 0 fully saturated rings. The number of hydrogen-bond donors (Lipinski definition) is 2. The third kappa shape index (κ3) is 4.53. The van der Waals surface area contributed by atoms with Gasteiger partial charge in [0.15, 0.2) is 0 Å². The number of nitrogens with one attached hydrogen (secondary N) is 2. The molecule has 1 aromatic carbocycles. The summed E-state index contributed by atoms with van der Waals surface area (Å²) in [6, 6.07) is 7.62. The monoisotopic (exact) mass is 362 g/mol. The van der Waals surface area contributed by atoms with Gasteiger partial charge in [0.2, 0.25) is 0 Å². The van der Waals surface area contributed by atoms with Crippen LogP contribution in [0.3, 0.4) is 0 Å². The molecule has 0 saturated heterocycles. The Hall–Kier alpha value is -1.95. The van der Waals surface area contributed by atoms with E-state index in [4.69, 9.17) is 0 Å². The van der Waals surface area contributed by atoms with Gasteiger partial charge in [0.05, 0.1) is 5.69 Å². The van der Waals surface area contributed by atoms with E-state index in [2.05, 4.69) is 36.5 Å². The largest absolute Gasteiger partial charge is 0.350 e. The Bertz CT molecular complexity index is 673. The standard InChI is InChI=1S/C16H19BrN4O/c1-10(2)8-18-16(22)14-7-15(20-9-19-14)21-13-5-4-11(3)6-12(13)17/h4-7,9-10H,8H2,1-3H3,(H,18,22)(H,19,20,21). The van der Waals surface area contributed by atoms with Crippen LogP contribution in [0, 0.1) is 12.8 Å². The van der Waals surface area contributed by atoms with Crippen molar-refractivity contribution < 1.29 is 4.79 Å². The maximum absolute atomic E-state index is 12.0. The van der Waals surface area contributed by atoms with Crippen LogP contribution in [0.25, 0.3) is 0 Å². The fraction of sp³-hybridized carbons (Fsp3) is 0.312. The van der Waals surface area contributed by atoms with E-state index in [9.17, 15) is 4.79 Å². The van der Waals surface area contributed by atoms with Crippen molar-refractivity contribution >= 4 is 33.3 Å². The molecule has 0 bridgehead atoms. The maximum atomic E-state index is 12.0. The number of hydrogen-bond acceptors (Lipinski definition) is 4. The number of benzene rings is 1. The van der Waals surface area contributed by atoms with Crippen LogP contribution in [0.15, 0.2) is 35.1 Å². The summed E-state index contributed by atoms with van der Waals surface area (Å²) in [7, 11) is 0. The van der Waals surface area contributed by atoms with Crippen molar-refractivity contribution in [2.45, 2.75) is 20.8 Å². The number of nitrogens with zero attached hydrogens (tertiary/aromatic N) is 2. The first-order valence-corrected chi connectivity index (χ1v) is 7.88. The number of halogens is 1. The van der Waals surface area contributed by atoms with Crippen molar-refractivity contribution in [2.75, 3.05) is 11.9 Å². The molecule has 0 aliphatic carbocycles. The topological polar surface area (TPSA) is 66.9 Å². The number of carbonyl (C=O) groups is 1. The van der Waals surface area contributed by atoms with E-state index in [0.29, 0.717) is 24.0 Å². The van der Waals surface area contributed by atoms with Gasteiger partial charge in [-0.15, -0.1) is 0 Å². The smallest absolute Gasteiger partial charge is 0.270 e. The molecular formula is C16H19BrN4O. The third-order valence-electron chi connectivity index (χ3n) is 2.96. The van der Waals surface area contributed by atoms with Crippen molar-refractivity contribution in [3.8, 4) is 0 Å². The van der Waals surface area contributed by atoms with Crippen molar-refractivity contribution in [3.63, 3.8) is 0 Å². The van der Waals surface area contributed by atoms with E-state index in [1.807, 2.05) is 39.0 Å². The van der Waals surface area contributed by atoms with Crippen LogP contribution in [0.4, 0.5) is 11.5 Å². The lowest BCUT2D eigenvalue weighted by Crippen LogP contribution is -2.28. The summed E-state index contributed by atoms with van der Waals surface area (Å²) in [5, 5.41) is 6.02. The van der Waals surface area contributed by atoms with Gasteiger partial charge >= 0.3 is 0 Å². The highest BCUT2D eigenvalue weighted by molar-refractivity contribution is 9.10. The molecule has 0 atom stereocenters. The molecule has 0 unspecified atom stereocenters. The van der Waals surface area contributed by atoms with Gasteiger partial charge in [0.25, 0.3) is 5.91 Å². The number of rotatable bonds is 5. The van der Waals surface area contributed by atoms with Gasteiger partial charge in [-0.25, -0.2) is 9.97 Å². The lowest BCUT2D eigenvalue weighted by molar-refractivity contribution is 0.0944. The molecule has 0 saturated carbocycles. The summed E-state index contributed by atoms with van der Waals surface area (Å²) >= 11 is 3.51. The Morgan fingerprint density at radius 2 is 2.05 bits per heavy atom. The van der Waals surface area contributed by atoms with Crippen LogP contribution >= 0.6 is 15.9 Å². The van der Waals surface area contributed by atoms with Gasteiger partial charge in [0.1, 0.15) is 17.8 Å². The van der Waals surface area contributed by atoms with E-state index in [-0.39, 0.29) is 5.91 Å². The van der Waals surface area contributed by atoms with Gasteiger partial charge in [0, 0.05) is 17.1 Å². The molecule has 5 nitrogen and oxygen atoms in total. The second kappa shape index (κ2) is 7.35. The number of amides is 1. The molecule has 1 amide bonds. The highest BCUT2D eigenvalue weighted by Crippen LogP contribution is 2.26. The van der Waals surface area contributed by atoms with E-state index in [1.54, 1.807) is 6.07 Å². The first kappa shape index (κ1) is 16.4. The normalized spacial score (nSPS) is 10.6. The highest BCUT2D eigenvalue weighted by Gasteiger charge is 2.10. The fourth-order valence-electron chi connectivity index (χ4n) is 1.80. The number of anilines is 2. The first-order valence-electron chi connectivity index (χ1n) is 7.09. The summed E-state index contributed by atoms with van der Waals surface area (Å²) in [6.07, 6.45) is 1.38. The van der Waals surface area contributed by atoms with E-state index < -0.39 is 0 Å². The van der Waals surface area contributed by atoms with E-state index in [1.165, 1.54) is 6.33 Å². The molecule has 6 heteroatoms. The lowest BCUT2D eigenvalue weighted by Gasteiger charge is -2.10. The van der Waals surface area contributed by atoms with Gasteiger partial charge in [-0.05, 0) is 46.5 Å². The zero-order valence-electron chi connectivity index (χ0n) is 12.9.